The summed E-state index contributed by atoms with van der Waals surface area (Å²) >= 11 is 1.84. The van der Waals surface area contributed by atoms with Crippen LogP contribution in [0.15, 0.2) is 18.2 Å². The van der Waals surface area contributed by atoms with E-state index in [4.69, 9.17) is 0 Å². The zero-order chi connectivity index (χ0) is 12.3. The highest BCUT2D eigenvalue weighted by Crippen LogP contribution is 2.13. The molecule has 5 heteroatoms. The van der Waals surface area contributed by atoms with Crippen molar-refractivity contribution < 1.29 is 13.6 Å². The molecule has 2 rings (SSSR count). The molecule has 1 aliphatic rings. The predicted octanol–water partition coefficient (Wildman–Crippen LogP) is 2.20. The van der Waals surface area contributed by atoms with Crippen LogP contribution in [0.3, 0.4) is 0 Å². The minimum atomic E-state index is -0.650. The molecule has 0 unspecified atom stereocenters. The van der Waals surface area contributed by atoms with Crippen LogP contribution in [0.2, 0.25) is 0 Å². The van der Waals surface area contributed by atoms with Gasteiger partial charge >= 0.3 is 0 Å². The van der Waals surface area contributed by atoms with Crippen LogP contribution < -0.4 is 0 Å². The van der Waals surface area contributed by atoms with Crippen molar-refractivity contribution >= 4 is 17.5 Å². The summed E-state index contributed by atoms with van der Waals surface area (Å²) in [6, 6.07) is 2.98. The minimum Gasteiger partial charge on any atom is -0.294 e. The molecule has 0 aromatic heterocycles. The summed E-state index contributed by atoms with van der Waals surface area (Å²) in [4.78, 5) is 13.8. The van der Waals surface area contributed by atoms with Crippen LogP contribution in [0.25, 0.3) is 0 Å². The first-order valence-corrected chi connectivity index (χ1v) is 6.60. The van der Waals surface area contributed by atoms with Crippen LogP contribution in [0.1, 0.15) is 10.4 Å². The van der Waals surface area contributed by atoms with E-state index in [2.05, 4.69) is 0 Å². The first kappa shape index (κ1) is 12.5. The molecule has 1 heterocycles. The predicted molar refractivity (Wildman–Crippen MR) is 64.5 cm³/mol. The Morgan fingerprint density at radius 2 is 2.00 bits per heavy atom. The van der Waals surface area contributed by atoms with Gasteiger partial charge in [-0.05, 0) is 18.2 Å². The number of rotatable bonds is 3. The van der Waals surface area contributed by atoms with E-state index in [1.807, 2.05) is 16.7 Å². The molecule has 0 spiro atoms. The van der Waals surface area contributed by atoms with Gasteiger partial charge in [0.1, 0.15) is 11.6 Å². The van der Waals surface area contributed by atoms with E-state index >= 15 is 0 Å². The fraction of sp³-hybridized carbons (Fsp3) is 0.417. The molecule has 0 saturated carbocycles. The normalized spacial score (nSPS) is 17.1. The zero-order valence-corrected chi connectivity index (χ0v) is 10.1. The lowest BCUT2D eigenvalue weighted by molar-refractivity contribution is 0.0933. The smallest absolute Gasteiger partial charge is 0.179 e. The number of Topliss-reactive ketones (excluding diaryl/α,β-unsaturated/α-hetero) is 1. The summed E-state index contributed by atoms with van der Waals surface area (Å²) in [5.74, 6) is 0.387. The monoisotopic (exact) mass is 257 g/mol. The van der Waals surface area contributed by atoms with E-state index in [-0.39, 0.29) is 17.9 Å². The van der Waals surface area contributed by atoms with Gasteiger partial charge in [0.15, 0.2) is 5.78 Å². The summed E-state index contributed by atoms with van der Waals surface area (Å²) < 4.78 is 26.3. The summed E-state index contributed by atoms with van der Waals surface area (Å²) in [6.45, 7) is 1.82. The highest BCUT2D eigenvalue weighted by atomic mass is 32.2. The third-order valence-corrected chi connectivity index (χ3v) is 3.64. The number of carbonyl (C=O) groups excluding carboxylic acids is 1. The molecule has 0 aliphatic carbocycles. The van der Waals surface area contributed by atoms with Gasteiger partial charge in [0.2, 0.25) is 0 Å². The van der Waals surface area contributed by atoms with E-state index < -0.39 is 11.6 Å². The van der Waals surface area contributed by atoms with Crippen molar-refractivity contribution in [2.45, 2.75) is 0 Å². The lowest BCUT2D eigenvalue weighted by Gasteiger charge is -2.25. The fourth-order valence-electron chi connectivity index (χ4n) is 1.76. The number of hydrogen-bond acceptors (Lipinski definition) is 3. The Hall–Kier alpha value is -0.940. The van der Waals surface area contributed by atoms with Crippen molar-refractivity contribution in [1.29, 1.82) is 0 Å². The molecule has 0 N–H and O–H groups in total. The Morgan fingerprint density at radius 1 is 1.29 bits per heavy atom. The second kappa shape index (κ2) is 5.60. The number of thioether (sulfide) groups is 1. The van der Waals surface area contributed by atoms with E-state index in [0.29, 0.717) is 0 Å². The Kier molecular flexibility index (Phi) is 4.12. The van der Waals surface area contributed by atoms with Gasteiger partial charge in [0, 0.05) is 24.6 Å². The van der Waals surface area contributed by atoms with Crippen molar-refractivity contribution in [2.24, 2.45) is 0 Å². The third kappa shape index (κ3) is 3.26. The molecule has 0 bridgehead atoms. The maximum Gasteiger partial charge on any atom is 0.179 e. The summed E-state index contributed by atoms with van der Waals surface area (Å²) in [6.07, 6.45) is 0. The number of nitrogens with zero attached hydrogens (tertiary/aromatic N) is 1. The molecule has 0 radical (unpaired) electrons. The largest absolute Gasteiger partial charge is 0.294 e. The zero-order valence-electron chi connectivity index (χ0n) is 9.29. The van der Waals surface area contributed by atoms with Gasteiger partial charge in [0.25, 0.3) is 0 Å². The second-order valence-electron chi connectivity index (χ2n) is 3.94. The molecule has 17 heavy (non-hydrogen) atoms. The SMILES string of the molecule is O=C(CN1CCSCC1)c1cc(F)ccc1F. The maximum absolute atomic E-state index is 13.4. The summed E-state index contributed by atoms with van der Waals surface area (Å²) in [5, 5.41) is 0. The molecular formula is C12H13F2NOS. The highest BCUT2D eigenvalue weighted by molar-refractivity contribution is 7.99. The molecular weight excluding hydrogens is 244 g/mol. The van der Waals surface area contributed by atoms with Crippen molar-refractivity contribution in [3.05, 3.63) is 35.4 Å². The van der Waals surface area contributed by atoms with Crippen molar-refractivity contribution in [3.63, 3.8) is 0 Å². The second-order valence-corrected chi connectivity index (χ2v) is 5.16. The standard InChI is InChI=1S/C12H13F2NOS/c13-9-1-2-11(14)10(7-9)12(16)8-15-3-5-17-6-4-15/h1-2,7H,3-6,8H2. The van der Waals surface area contributed by atoms with Crippen LogP contribution in [0.5, 0.6) is 0 Å². The molecule has 0 amide bonds. The first-order chi connectivity index (χ1) is 8.16. The summed E-state index contributed by atoms with van der Waals surface area (Å²) in [7, 11) is 0. The lowest BCUT2D eigenvalue weighted by atomic mass is 10.1. The molecule has 2 nitrogen and oxygen atoms in total. The number of halogens is 2. The average Bonchev–Trinajstić information content (AvgIpc) is 2.33. The Balaban J connectivity index is 2.05. The van der Waals surface area contributed by atoms with Gasteiger partial charge in [0.05, 0.1) is 12.1 Å². The number of ketones is 1. The molecule has 92 valence electrons. The molecule has 1 aromatic rings. The molecule has 0 atom stereocenters. The number of benzene rings is 1. The van der Waals surface area contributed by atoms with Gasteiger partial charge in [-0.15, -0.1) is 0 Å². The Morgan fingerprint density at radius 3 is 2.71 bits per heavy atom. The quantitative estimate of drug-likeness (QED) is 0.774. The fourth-order valence-corrected chi connectivity index (χ4v) is 2.74. The van der Waals surface area contributed by atoms with Crippen LogP contribution in [-0.2, 0) is 0 Å². The van der Waals surface area contributed by atoms with E-state index in [1.54, 1.807) is 0 Å². The van der Waals surface area contributed by atoms with Crippen LogP contribution in [0, 0.1) is 11.6 Å². The van der Waals surface area contributed by atoms with Crippen molar-refractivity contribution in [2.75, 3.05) is 31.1 Å². The van der Waals surface area contributed by atoms with Gasteiger partial charge in [-0.1, -0.05) is 0 Å². The topological polar surface area (TPSA) is 20.3 Å². The van der Waals surface area contributed by atoms with Crippen molar-refractivity contribution in [3.8, 4) is 0 Å². The first-order valence-electron chi connectivity index (χ1n) is 5.45. The average molecular weight is 257 g/mol. The highest BCUT2D eigenvalue weighted by Gasteiger charge is 2.18. The van der Waals surface area contributed by atoms with Gasteiger partial charge in [-0.25, -0.2) is 8.78 Å². The van der Waals surface area contributed by atoms with Gasteiger partial charge in [-0.3, -0.25) is 9.69 Å². The van der Waals surface area contributed by atoms with Crippen LogP contribution in [-0.4, -0.2) is 41.8 Å². The molecule has 1 aliphatic heterocycles. The maximum atomic E-state index is 13.4. The number of carbonyl (C=O) groups is 1. The molecule has 1 saturated heterocycles. The number of hydrogen-bond donors (Lipinski definition) is 0. The van der Waals surface area contributed by atoms with E-state index in [1.165, 1.54) is 0 Å². The third-order valence-electron chi connectivity index (χ3n) is 2.70. The van der Waals surface area contributed by atoms with Crippen molar-refractivity contribution in [1.82, 2.24) is 4.90 Å². The minimum absolute atomic E-state index is 0.150. The van der Waals surface area contributed by atoms with E-state index in [9.17, 15) is 13.6 Å². The molecule has 1 aromatic carbocycles. The van der Waals surface area contributed by atoms with Crippen LogP contribution in [0.4, 0.5) is 8.78 Å². The Bertz CT molecular complexity index is 419. The summed E-state index contributed by atoms with van der Waals surface area (Å²) in [5.41, 5.74) is -0.150. The van der Waals surface area contributed by atoms with E-state index in [0.717, 1.165) is 42.8 Å². The van der Waals surface area contributed by atoms with Crippen LogP contribution >= 0.6 is 11.8 Å². The molecule has 1 fully saturated rings. The van der Waals surface area contributed by atoms with Gasteiger partial charge in [-0.2, -0.15) is 11.8 Å². The van der Waals surface area contributed by atoms with Gasteiger partial charge < -0.3 is 0 Å². The lowest BCUT2D eigenvalue weighted by Crippen LogP contribution is -2.36. The Labute approximate surface area is 103 Å².